The molecular formula is C29H30N2O2. The molecule has 0 aromatic heterocycles. The molecule has 0 N–H and O–H groups in total. The number of hydrogen-bond donors (Lipinski definition) is 0. The minimum Gasteiger partial charge on any atom is -0.357 e. The van der Waals surface area contributed by atoms with Crippen LogP contribution in [0.3, 0.4) is 0 Å². The first-order valence-corrected chi connectivity index (χ1v) is 11.2. The van der Waals surface area contributed by atoms with Crippen molar-refractivity contribution in [2.75, 3.05) is 19.7 Å². The summed E-state index contributed by atoms with van der Waals surface area (Å²) in [6.07, 6.45) is 3.31. The van der Waals surface area contributed by atoms with Gasteiger partial charge in [-0.15, -0.1) is 0 Å². The molecule has 4 nitrogen and oxygen atoms in total. The zero-order chi connectivity index (χ0) is 23.5. The summed E-state index contributed by atoms with van der Waals surface area (Å²) in [6, 6.07) is 30.3. The molecule has 3 aromatic carbocycles. The van der Waals surface area contributed by atoms with Crippen molar-refractivity contribution < 1.29 is 9.53 Å². The van der Waals surface area contributed by atoms with Crippen molar-refractivity contribution in [3.05, 3.63) is 131 Å². The van der Waals surface area contributed by atoms with Gasteiger partial charge < -0.3 is 14.5 Å². The van der Waals surface area contributed by atoms with E-state index in [1.807, 2.05) is 68.4 Å². The number of likely N-dealkylation sites (N-methyl/N-ethyl adjacent to an activating group) is 1. The van der Waals surface area contributed by atoms with Crippen LogP contribution in [0, 0.1) is 6.57 Å². The van der Waals surface area contributed by atoms with Crippen molar-refractivity contribution in [2.45, 2.75) is 25.5 Å². The van der Waals surface area contributed by atoms with Crippen molar-refractivity contribution >= 4 is 5.91 Å². The first-order valence-electron chi connectivity index (χ1n) is 11.2. The topological polar surface area (TPSA) is 33.9 Å². The quantitative estimate of drug-likeness (QED) is 0.231. The largest absolute Gasteiger partial charge is 0.357 e. The van der Waals surface area contributed by atoms with Gasteiger partial charge in [0.05, 0.1) is 6.61 Å². The van der Waals surface area contributed by atoms with E-state index in [0.29, 0.717) is 13.1 Å². The van der Waals surface area contributed by atoms with Crippen LogP contribution >= 0.6 is 0 Å². The Bertz CT molecular complexity index is 976. The summed E-state index contributed by atoms with van der Waals surface area (Å²) < 4.78 is 6.65. The fourth-order valence-electron chi connectivity index (χ4n) is 4.10. The molecule has 0 unspecified atom stereocenters. The van der Waals surface area contributed by atoms with Crippen molar-refractivity contribution in [3.63, 3.8) is 0 Å². The fraction of sp³-hybridized carbons (Fsp3) is 0.241. The Morgan fingerprint density at radius 2 is 1.39 bits per heavy atom. The average molecular weight is 439 g/mol. The van der Waals surface area contributed by atoms with Crippen LogP contribution in [0.15, 0.2) is 103 Å². The minimum absolute atomic E-state index is 0.109. The molecular weight excluding hydrogens is 408 g/mol. The van der Waals surface area contributed by atoms with Crippen LogP contribution in [0.1, 0.15) is 30.5 Å². The Hall–Kier alpha value is -3.68. The Kier molecular flexibility index (Phi) is 8.57. The molecule has 0 aliphatic heterocycles. The summed E-state index contributed by atoms with van der Waals surface area (Å²) in [6.45, 7) is 12.0. The molecule has 33 heavy (non-hydrogen) atoms. The summed E-state index contributed by atoms with van der Waals surface area (Å²) in [5.74, 6) is -0.109. The van der Waals surface area contributed by atoms with Gasteiger partial charge in [0.2, 0.25) is 12.5 Å². The number of ether oxygens (including phenoxy) is 1. The van der Waals surface area contributed by atoms with Gasteiger partial charge in [-0.1, -0.05) is 97.1 Å². The van der Waals surface area contributed by atoms with Gasteiger partial charge in [-0.25, -0.2) is 6.57 Å². The first-order chi connectivity index (χ1) is 16.1. The van der Waals surface area contributed by atoms with Gasteiger partial charge in [-0.05, 0) is 30.5 Å². The molecule has 0 fully saturated rings. The van der Waals surface area contributed by atoms with Crippen LogP contribution in [0.25, 0.3) is 4.85 Å². The van der Waals surface area contributed by atoms with E-state index >= 15 is 0 Å². The van der Waals surface area contributed by atoms with E-state index in [-0.39, 0.29) is 18.6 Å². The van der Waals surface area contributed by atoms with Crippen LogP contribution in [0.5, 0.6) is 0 Å². The normalized spacial score (nSPS) is 12.3. The van der Waals surface area contributed by atoms with E-state index in [1.165, 1.54) is 0 Å². The number of rotatable bonds is 10. The molecule has 168 valence electrons. The third-order valence-corrected chi connectivity index (χ3v) is 5.71. The monoisotopic (exact) mass is 438 g/mol. The molecule has 1 amide bonds. The van der Waals surface area contributed by atoms with Gasteiger partial charge in [0, 0.05) is 12.6 Å². The molecule has 0 aliphatic carbocycles. The predicted molar refractivity (Wildman–Crippen MR) is 133 cm³/mol. The number of hydrogen-bond acceptors (Lipinski definition) is 2. The van der Waals surface area contributed by atoms with E-state index < -0.39 is 5.60 Å². The third-order valence-electron chi connectivity index (χ3n) is 5.71. The molecule has 3 aromatic rings. The minimum atomic E-state index is -0.820. The van der Waals surface area contributed by atoms with Crippen molar-refractivity contribution in [3.8, 4) is 0 Å². The lowest BCUT2D eigenvalue weighted by molar-refractivity contribution is -0.127. The zero-order valence-corrected chi connectivity index (χ0v) is 19.2. The van der Waals surface area contributed by atoms with E-state index in [0.717, 1.165) is 16.7 Å². The predicted octanol–water partition coefficient (Wildman–Crippen LogP) is 5.71. The SMILES string of the molecule is [C-]#[N+]C[C@@H](C)N(CC)C(=O)/C=C/COC(c1ccccc1)(c1ccccc1)c1ccccc1. The lowest BCUT2D eigenvalue weighted by atomic mass is 9.80. The maximum atomic E-state index is 12.7. The van der Waals surface area contributed by atoms with Crippen molar-refractivity contribution in [1.82, 2.24) is 4.90 Å². The van der Waals surface area contributed by atoms with Gasteiger partial charge in [-0.2, -0.15) is 0 Å². The second-order valence-electron chi connectivity index (χ2n) is 7.81. The summed E-state index contributed by atoms with van der Waals surface area (Å²) in [5.41, 5.74) is 2.23. The Morgan fingerprint density at radius 1 is 0.939 bits per heavy atom. The molecule has 0 saturated carbocycles. The molecule has 0 bridgehead atoms. The van der Waals surface area contributed by atoms with E-state index in [2.05, 4.69) is 41.2 Å². The third kappa shape index (κ3) is 5.58. The Balaban J connectivity index is 1.94. The number of nitrogens with zero attached hydrogens (tertiary/aromatic N) is 2. The van der Waals surface area contributed by atoms with Gasteiger partial charge in [-0.3, -0.25) is 4.79 Å². The fourth-order valence-corrected chi connectivity index (χ4v) is 4.10. The van der Waals surface area contributed by atoms with Crippen LogP contribution in [0.4, 0.5) is 0 Å². The maximum Gasteiger partial charge on any atom is 0.246 e. The lowest BCUT2D eigenvalue weighted by Gasteiger charge is -2.35. The van der Waals surface area contributed by atoms with Crippen LogP contribution in [0.2, 0.25) is 0 Å². The van der Waals surface area contributed by atoms with Gasteiger partial charge in [0.1, 0.15) is 11.6 Å². The summed E-state index contributed by atoms with van der Waals surface area (Å²) >= 11 is 0. The molecule has 4 heteroatoms. The molecule has 0 saturated heterocycles. The average Bonchev–Trinajstić information content (AvgIpc) is 2.86. The highest BCUT2D eigenvalue weighted by Crippen LogP contribution is 2.40. The Labute approximate surface area is 197 Å². The number of amides is 1. The zero-order valence-electron chi connectivity index (χ0n) is 19.2. The molecule has 3 rings (SSSR count). The second-order valence-corrected chi connectivity index (χ2v) is 7.81. The van der Waals surface area contributed by atoms with E-state index in [4.69, 9.17) is 11.3 Å². The first kappa shape index (κ1) is 24.0. The van der Waals surface area contributed by atoms with Crippen LogP contribution in [-0.2, 0) is 15.1 Å². The summed E-state index contributed by atoms with van der Waals surface area (Å²) in [5, 5.41) is 0. The number of benzene rings is 3. The highest BCUT2D eigenvalue weighted by atomic mass is 16.5. The summed E-state index contributed by atoms with van der Waals surface area (Å²) in [7, 11) is 0. The van der Waals surface area contributed by atoms with Gasteiger partial charge in [0.15, 0.2) is 0 Å². The van der Waals surface area contributed by atoms with E-state index in [1.54, 1.807) is 17.1 Å². The molecule has 0 radical (unpaired) electrons. The molecule has 0 spiro atoms. The van der Waals surface area contributed by atoms with Gasteiger partial charge in [0.25, 0.3) is 0 Å². The van der Waals surface area contributed by atoms with Crippen molar-refractivity contribution in [2.24, 2.45) is 0 Å². The molecule has 0 heterocycles. The Morgan fingerprint density at radius 3 is 1.79 bits per heavy atom. The van der Waals surface area contributed by atoms with Crippen LogP contribution in [-0.4, -0.2) is 36.5 Å². The molecule has 1 atom stereocenters. The van der Waals surface area contributed by atoms with Gasteiger partial charge >= 0.3 is 0 Å². The highest BCUT2D eigenvalue weighted by molar-refractivity contribution is 5.87. The number of carbonyl (C=O) groups excluding carboxylic acids is 1. The van der Waals surface area contributed by atoms with Crippen LogP contribution < -0.4 is 0 Å². The second kappa shape index (κ2) is 11.8. The lowest BCUT2D eigenvalue weighted by Crippen LogP contribution is -2.39. The molecule has 0 aliphatic rings. The maximum absolute atomic E-state index is 12.7. The highest BCUT2D eigenvalue weighted by Gasteiger charge is 2.37. The smallest absolute Gasteiger partial charge is 0.246 e. The summed E-state index contributed by atoms with van der Waals surface area (Å²) in [4.78, 5) is 17.8. The number of carbonyl (C=O) groups is 1. The van der Waals surface area contributed by atoms with E-state index in [9.17, 15) is 4.79 Å². The standard InChI is InChI=1S/C29H30N2O2/c1-4-31(24(2)23-30-3)28(32)21-14-22-33-29(25-15-8-5-9-16-25,26-17-10-6-11-18-26)27-19-12-7-13-20-27/h5-21,24H,4,22-23H2,1-2H3/b21-14+/t24-/m1/s1. The van der Waals surface area contributed by atoms with Crippen molar-refractivity contribution in [1.29, 1.82) is 0 Å².